The molecule has 18 heavy (non-hydrogen) atoms. The highest BCUT2D eigenvalue weighted by atomic mass is 32.2. The van der Waals surface area contributed by atoms with Crippen LogP contribution in [0.1, 0.15) is 24.0 Å². The van der Waals surface area contributed by atoms with Crippen LogP contribution in [0, 0.1) is 0 Å². The Hall–Kier alpha value is -0.910. The summed E-state index contributed by atoms with van der Waals surface area (Å²) in [6.07, 6.45) is 1.73. The number of piperidine rings is 1. The van der Waals surface area contributed by atoms with Gasteiger partial charge in [0.25, 0.3) is 0 Å². The molecule has 1 saturated heterocycles. The molecule has 1 aromatic carbocycles. The van der Waals surface area contributed by atoms with Gasteiger partial charge >= 0.3 is 0 Å². The Morgan fingerprint density at radius 1 is 1.17 bits per heavy atom. The molecule has 5 heteroatoms. The van der Waals surface area contributed by atoms with Crippen molar-refractivity contribution in [2.75, 3.05) is 13.1 Å². The molecule has 1 unspecified atom stereocenters. The molecule has 1 fully saturated rings. The van der Waals surface area contributed by atoms with Crippen LogP contribution in [0.3, 0.4) is 0 Å². The second-order valence-electron chi connectivity index (χ2n) is 5.05. The Labute approximate surface area is 108 Å². The summed E-state index contributed by atoms with van der Waals surface area (Å²) in [7, 11) is -3.16. The number of sulfonamides is 1. The van der Waals surface area contributed by atoms with Gasteiger partial charge in [-0.3, -0.25) is 0 Å². The highest BCUT2D eigenvalue weighted by Crippen LogP contribution is 2.28. The Morgan fingerprint density at radius 2 is 1.83 bits per heavy atom. The van der Waals surface area contributed by atoms with Crippen LogP contribution < -0.4 is 5.32 Å². The minimum absolute atomic E-state index is 0.249. The normalized spacial score (nSPS) is 25.0. The summed E-state index contributed by atoms with van der Waals surface area (Å²) in [6, 6.07) is 7.97. The molecule has 1 aromatic rings. The lowest BCUT2D eigenvalue weighted by molar-refractivity contribution is 0.404. The van der Waals surface area contributed by atoms with Crippen LogP contribution in [-0.2, 0) is 23.1 Å². The molecule has 1 atom stereocenters. The first-order chi connectivity index (χ1) is 8.68. The smallest absolute Gasteiger partial charge is 0.218 e. The topological polar surface area (TPSA) is 49.4 Å². The summed E-state index contributed by atoms with van der Waals surface area (Å²) in [4.78, 5) is 0. The van der Waals surface area contributed by atoms with E-state index in [2.05, 4.69) is 5.32 Å². The Balaban J connectivity index is 1.80. The van der Waals surface area contributed by atoms with E-state index in [1.807, 2.05) is 24.3 Å². The van der Waals surface area contributed by atoms with Gasteiger partial charge in [-0.2, -0.15) is 4.31 Å². The zero-order valence-electron chi connectivity index (χ0n) is 10.3. The van der Waals surface area contributed by atoms with Gasteiger partial charge in [-0.15, -0.1) is 0 Å². The summed E-state index contributed by atoms with van der Waals surface area (Å²) in [5.74, 6) is 0. The fraction of sp³-hybridized carbons (Fsp3) is 0.538. The fourth-order valence-corrected chi connectivity index (χ4v) is 4.62. The number of fused-ring (bicyclic) bond motifs is 1. The largest absolute Gasteiger partial charge is 0.315 e. The van der Waals surface area contributed by atoms with Crippen LogP contribution in [0.4, 0.5) is 0 Å². The molecule has 0 aromatic heterocycles. The maximum atomic E-state index is 12.5. The number of nitrogens with one attached hydrogen (secondary N) is 1. The number of hydrogen-bond donors (Lipinski definition) is 1. The van der Waals surface area contributed by atoms with Crippen molar-refractivity contribution >= 4 is 10.0 Å². The number of nitrogens with zero attached hydrogens (tertiary/aromatic N) is 1. The molecule has 2 aliphatic rings. The number of benzene rings is 1. The molecule has 0 aliphatic carbocycles. The van der Waals surface area contributed by atoms with Gasteiger partial charge in [0.2, 0.25) is 10.0 Å². The first kappa shape index (κ1) is 12.1. The van der Waals surface area contributed by atoms with Crippen LogP contribution in [0.25, 0.3) is 0 Å². The average Bonchev–Trinajstić information content (AvgIpc) is 2.84. The molecule has 0 spiro atoms. The third kappa shape index (κ3) is 2.06. The lowest BCUT2D eigenvalue weighted by Gasteiger charge is -2.27. The van der Waals surface area contributed by atoms with E-state index >= 15 is 0 Å². The summed E-state index contributed by atoms with van der Waals surface area (Å²) in [6.45, 7) is 2.60. The van der Waals surface area contributed by atoms with Crippen molar-refractivity contribution in [2.24, 2.45) is 0 Å². The van der Waals surface area contributed by atoms with Crippen LogP contribution in [0.15, 0.2) is 24.3 Å². The van der Waals surface area contributed by atoms with Crippen molar-refractivity contribution in [3.8, 4) is 0 Å². The standard InChI is InChI=1S/C13H18N2O2S/c16-18(17,13-6-3-7-14-8-13)15-9-11-4-1-2-5-12(11)10-15/h1-2,4-5,13-14H,3,6-10H2. The van der Waals surface area contributed by atoms with Gasteiger partial charge in [-0.1, -0.05) is 24.3 Å². The van der Waals surface area contributed by atoms with Crippen molar-refractivity contribution in [2.45, 2.75) is 31.2 Å². The van der Waals surface area contributed by atoms with Gasteiger partial charge in [-0.25, -0.2) is 8.42 Å². The summed E-state index contributed by atoms with van der Waals surface area (Å²) in [5, 5.41) is 2.93. The summed E-state index contributed by atoms with van der Waals surface area (Å²) in [5.41, 5.74) is 2.29. The summed E-state index contributed by atoms with van der Waals surface area (Å²) < 4.78 is 26.7. The number of hydrogen-bond acceptors (Lipinski definition) is 3. The highest BCUT2D eigenvalue weighted by molar-refractivity contribution is 7.89. The predicted octanol–water partition coefficient (Wildman–Crippen LogP) is 1.08. The SMILES string of the molecule is O=S(=O)(C1CCCNC1)N1Cc2ccccc2C1. The van der Waals surface area contributed by atoms with E-state index in [9.17, 15) is 8.42 Å². The molecular weight excluding hydrogens is 248 g/mol. The minimum atomic E-state index is -3.16. The van der Waals surface area contributed by atoms with Gasteiger partial charge in [0.05, 0.1) is 5.25 Å². The van der Waals surface area contributed by atoms with Crippen molar-refractivity contribution in [1.29, 1.82) is 0 Å². The van der Waals surface area contributed by atoms with E-state index in [1.54, 1.807) is 4.31 Å². The fourth-order valence-electron chi connectivity index (χ4n) is 2.77. The quantitative estimate of drug-likeness (QED) is 0.871. The predicted molar refractivity (Wildman–Crippen MR) is 70.5 cm³/mol. The minimum Gasteiger partial charge on any atom is -0.315 e. The van der Waals surface area contributed by atoms with Crippen molar-refractivity contribution in [1.82, 2.24) is 9.62 Å². The van der Waals surface area contributed by atoms with E-state index in [0.717, 1.165) is 30.5 Å². The maximum Gasteiger partial charge on any atom is 0.218 e. The molecule has 4 nitrogen and oxygen atoms in total. The third-order valence-corrected chi connectivity index (χ3v) is 6.07. The van der Waals surface area contributed by atoms with Crippen LogP contribution >= 0.6 is 0 Å². The molecule has 0 bridgehead atoms. The van der Waals surface area contributed by atoms with E-state index in [4.69, 9.17) is 0 Å². The Kier molecular flexibility index (Phi) is 3.13. The third-order valence-electron chi connectivity index (χ3n) is 3.84. The van der Waals surface area contributed by atoms with Crippen molar-refractivity contribution < 1.29 is 8.42 Å². The number of rotatable bonds is 2. The molecule has 98 valence electrons. The van der Waals surface area contributed by atoms with E-state index in [-0.39, 0.29) is 5.25 Å². The molecule has 3 rings (SSSR count). The van der Waals surface area contributed by atoms with Gasteiger partial charge in [-0.05, 0) is 30.5 Å². The van der Waals surface area contributed by atoms with E-state index in [0.29, 0.717) is 19.6 Å². The Morgan fingerprint density at radius 3 is 2.39 bits per heavy atom. The lowest BCUT2D eigenvalue weighted by atomic mass is 10.1. The average molecular weight is 266 g/mol. The van der Waals surface area contributed by atoms with Crippen LogP contribution in [0.5, 0.6) is 0 Å². The second-order valence-corrected chi connectivity index (χ2v) is 7.26. The first-order valence-corrected chi connectivity index (χ1v) is 7.95. The second kappa shape index (κ2) is 4.64. The Bertz CT molecular complexity index is 511. The maximum absolute atomic E-state index is 12.5. The van der Waals surface area contributed by atoms with E-state index in [1.165, 1.54) is 0 Å². The zero-order chi connectivity index (χ0) is 12.6. The van der Waals surface area contributed by atoms with Gasteiger partial charge < -0.3 is 5.32 Å². The summed E-state index contributed by atoms with van der Waals surface area (Å²) >= 11 is 0. The van der Waals surface area contributed by atoms with Crippen molar-refractivity contribution in [3.63, 3.8) is 0 Å². The van der Waals surface area contributed by atoms with Gasteiger partial charge in [0.15, 0.2) is 0 Å². The molecule has 2 heterocycles. The monoisotopic (exact) mass is 266 g/mol. The molecule has 2 aliphatic heterocycles. The molecule has 0 amide bonds. The zero-order valence-corrected chi connectivity index (χ0v) is 11.1. The van der Waals surface area contributed by atoms with Crippen LogP contribution in [-0.4, -0.2) is 31.1 Å². The first-order valence-electron chi connectivity index (χ1n) is 6.44. The van der Waals surface area contributed by atoms with E-state index < -0.39 is 10.0 Å². The van der Waals surface area contributed by atoms with Crippen LogP contribution in [0.2, 0.25) is 0 Å². The molecule has 0 saturated carbocycles. The molecule has 0 radical (unpaired) electrons. The van der Waals surface area contributed by atoms with Gasteiger partial charge in [0.1, 0.15) is 0 Å². The molecule has 1 N–H and O–H groups in total. The lowest BCUT2D eigenvalue weighted by Crippen LogP contribution is -2.44. The van der Waals surface area contributed by atoms with Crippen molar-refractivity contribution in [3.05, 3.63) is 35.4 Å². The molecular formula is C13H18N2O2S. The van der Waals surface area contributed by atoms with Gasteiger partial charge in [0, 0.05) is 19.6 Å². The highest BCUT2D eigenvalue weighted by Gasteiger charge is 2.35.